The third-order valence-electron chi connectivity index (χ3n) is 14.9. The predicted octanol–water partition coefficient (Wildman–Crippen LogP) is 20.6. The molecule has 1 aliphatic rings. The molecule has 1 aromatic heterocycles. The number of nitrogens with zero attached hydrogens (tertiary/aromatic N) is 4. The molecule has 0 amide bonds. The highest BCUT2D eigenvalue weighted by molar-refractivity contribution is 6.14. The van der Waals surface area contributed by atoms with Gasteiger partial charge in [-0.15, -0.1) is 0 Å². The summed E-state index contributed by atoms with van der Waals surface area (Å²) in [5.74, 6) is 0.291. The maximum atomic E-state index is 7.50. The zero-order chi connectivity index (χ0) is 52.2. The molecule has 0 bridgehead atoms. The van der Waals surface area contributed by atoms with Crippen LogP contribution in [-0.2, 0) is 0 Å². The standard InChI is InChI=1S/C73H56N4O/c1-53-27-23-24-44-67(53)75(58-36-17-6-18-37-58)61-48-50-69(66(51-61)55-30-11-3-12-31-55)77(60-40-21-8-22-41-60)71-46-26-43-64-63-42-25-45-70(72(63)78-73(64)71)76(59-38-19-7-20-39-59)62-47-49-68(65(52-62)54-28-9-2-10-29-54)74(56-32-13-4-14-33-56)57-34-15-5-16-35-57/h2-53,67H,1H3. The smallest absolute Gasteiger partial charge is 0.159 e. The first-order valence-corrected chi connectivity index (χ1v) is 26.8. The molecule has 0 fully saturated rings. The fraction of sp³-hybridized carbons (Fsp3) is 0.0411. The van der Waals surface area contributed by atoms with Crippen molar-refractivity contribution in [2.24, 2.45) is 5.92 Å². The normalized spacial score (nSPS) is 13.9. The van der Waals surface area contributed by atoms with Crippen LogP contribution in [0.25, 0.3) is 44.2 Å². The Balaban J connectivity index is 1.00. The molecule has 0 spiro atoms. The van der Waals surface area contributed by atoms with E-state index in [1.807, 2.05) is 0 Å². The van der Waals surface area contributed by atoms with Gasteiger partial charge in [0.05, 0.1) is 28.8 Å². The van der Waals surface area contributed by atoms with Crippen LogP contribution in [0, 0.1) is 5.92 Å². The van der Waals surface area contributed by atoms with Gasteiger partial charge in [0.25, 0.3) is 0 Å². The Hall–Kier alpha value is -10.1. The third-order valence-corrected chi connectivity index (χ3v) is 14.9. The summed E-state index contributed by atoms with van der Waals surface area (Å²) in [6.45, 7) is 2.30. The summed E-state index contributed by atoms with van der Waals surface area (Å²) in [4.78, 5) is 9.54. The van der Waals surface area contributed by atoms with Gasteiger partial charge in [0.1, 0.15) is 0 Å². The Kier molecular flexibility index (Phi) is 13.0. The number of anilines is 11. The lowest BCUT2D eigenvalue weighted by atomic mass is 9.93. The van der Waals surface area contributed by atoms with Crippen LogP contribution in [0.15, 0.2) is 314 Å². The van der Waals surface area contributed by atoms with Crippen molar-refractivity contribution in [3.8, 4) is 22.3 Å². The number of rotatable bonds is 14. The van der Waals surface area contributed by atoms with Crippen LogP contribution in [0.1, 0.15) is 6.92 Å². The molecule has 5 nitrogen and oxygen atoms in total. The summed E-state index contributed by atoms with van der Waals surface area (Å²) < 4.78 is 7.50. The molecular weight excluding hydrogens is 949 g/mol. The van der Waals surface area contributed by atoms with E-state index < -0.39 is 0 Å². The average molecular weight is 1010 g/mol. The molecule has 0 aliphatic heterocycles. The minimum absolute atomic E-state index is 0.118. The largest absolute Gasteiger partial charge is 0.452 e. The van der Waals surface area contributed by atoms with Crippen LogP contribution >= 0.6 is 0 Å². The van der Waals surface area contributed by atoms with Crippen LogP contribution in [0.4, 0.5) is 62.6 Å². The second-order valence-corrected chi connectivity index (χ2v) is 19.7. The molecule has 13 rings (SSSR count). The zero-order valence-corrected chi connectivity index (χ0v) is 43.3. The zero-order valence-electron chi connectivity index (χ0n) is 43.3. The van der Waals surface area contributed by atoms with Gasteiger partial charge in [-0.3, -0.25) is 0 Å². The fourth-order valence-corrected chi connectivity index (χ4v) is 11.2. The van der Waals surface area contributed by atoms with Gasteiger partial charge in [0.2, 0.25) is 0 Å². The molecule has 374 valence electrons. The monoisotopic (exact) mass is 1000 g/mol. The maximum absolute atomic E-state index is 7.50. The highest BCUT2D eigenvalue weighted by Gasteiger charge is 2.29. The van der Waals surface area contributed by atoms with Crippen LogP contribution in [0.2, 0.25) is 0 Å². The summed E-state index contributed by atoms with van der Waals surface area (Å²) in [5, 5.41) is 2.05. The Morgan fingerprint density at radius 3 is 1.14 bits per heavy atom. The molecule has 0 saturated heterocycles. The summed E-state index contributed by atoms with van der Waals surface area (Å²) in [6, 6.07) is 102. The van der Waals surface area contributed by atoms with Crippen molar-refractivity contribution in [3.63, 3.8) is 0 Å². The predicted molar refractivity (Wildman–Crippen MR) is 328 cm³/mol. The number of para-hydroxylation sites is 7. The quantitative estimate of drug-likeness (QED) is 0.108. The molecule has 11 aromatic carbocycles. The van der Waals surface area contributed by atoms with Gasteiger partial charge in [-0.25, -0.2) is 0 Å². The van der Waals surface area contributed by atoms with E-state index in [9.17, 15) is 0 Å². The lowest BCUT2D eigenvalue weighted by Crippen LogP contribution is -2.35. The highest BCUT2D eigenvalue weighted by atomic mass is 16.3. The average Bonchev–Trinajstić information content (AvgIpc) is 3.98. The van der Waals surface area contributed by atoms with Gasteiger partial charge in [0.15, 0.2) is 11.2 Å². The first-order valence-electron chi connectivity index (χ1n) is 26.8. The molecular formula is C73H56N4O. The van der Waals surface area contributed by atoms with Crippen LogP contribution in [-0.4, -0.2) is 6.04 Å². The number of benzene rings is 11. The summed E-state index contributed by atoms with van der Waals surface area (Å²) >= 11 is 0. The fourth-order valence-electron chi connectivity index (χ4n) is 11.2. The summed E-state index contributed by atoms with van der Waals surface area (Å²) in [7, 11) is 0. The van der Waals surface area contributed by atoms with Crippen molar-refractivity contribution >= 4 is 84.5 Å². The maximum Gasteiger partial charge on any atom is 0.159 e. The van der Waals surface area contributed by atoms with E-state index in [1.54, 1.807) is 0 Å². The molecule has 0 saturated carbocycles. The van der Waals surface area contributed by atoms with Crippen LogP contribution < -0.4 is 19.6 Å². The Bertz CT molecular complexity index is 4010. The van der Waals surface area contributed by atoms with E-state index >= 15 is 0 Å². The molecule has 0 radical (unpaired) electrons. The molecule has 1 aliphatic carbocycles. The summed E-state index contributed by atoms with van der Waals surface area (Å²) in [5.41, 5.74) is 17.4. The molecule has 5 heteroatoms. The number of fused-ring (bicyclic) bond motifs is 3. The number of allylic oxidation sites excluding steroid dienone is 2. The third kappa shape index (κ3) is 9.07. The molecule has 78 heavy (non-hydrogen) atoms. The molecule has 2 unspecified atom stereocenters. The van der Waals surface area contributed by atoms with Crippen molar-refractivity contribution in [2.75, 3.05) is 19.6 Å². The van der Waals surface area contributed by atoms with Crippen molar-refractivity contribution in [3.05, 3.63) is 309 Å². The molecule has 0 N–H and O–H groups in total. The second-order valence-electron chi connectivity index (χ2n) is 19.7. The topological polar surface area (TPSA) is 26.1 Å². The first-order chi connectivity index (χ1) is 38.7. The Morgan fingerprint density at radius 2 is 0.667 bits per heavy atom. The Morgan fingerprint density at radius 1 is 0.295 bits per heavy atom. The van der Waals surface area contributed by atoms with Crippen molar-refractivity contribution in [1.29, 1.82) is 0 Å². The minimum atomic E-state index is 0.118. The van der Waals surface area contributed by atoms with Gasteiger partial charge >= 0.3 is 0 Å². The molecule has 12 aromatic rings. The Labute approximate surface area is 456 Å². The molecule has 1 heterocycles. The van der Waals surface area contributed by atoms with Gasteiger partial charge in [-0.2, -0.15) is 0 Å². The number of furan rings is 1. The van der Waals surface area contributed by atoms with Gasteiger partial charge in [0, 0.05) is 61.7 Å². The van der Waals surface area contributed by atoms with Crippen LogP contribution in [0.5, 0.6) is 0 Å². The number of hydrogen-bond acceptors (Lipinski definition) is 5. The van der Waals surface area contributed by atoms with E-state index in [-0.39, 0.29) is 6.04 Å². The van der Waals surface area contributed by atoms with Gasteiger partial charge in [-0.1, -0.05) is 207 Å². The van der Waals surface area contributed by atoms with Gasteiger partial charge in [-0.05, 0) is 126 Å². The second kappa shape index (κ2) is 21.3. The highest BCUT2D eigenvalue weighted by Crippen LogP contribution is 2.51. The minimum Gasteiger partial charge on any atom is -0.452 e. The van der Waals surface area contributed by atoms with Gasteiger partial charge < -0.3 is 24.0 Å². The van der Waals surface area contributed by atoms with E-state index in [0.717, 1.165) is 107 Å². The summed E-state index contributed by atoms with van der Waals surface area (Å²) in [6.07, 6.45) is 8.95. The lowest BCUT2D eigenvalue weighted by molar-refractivity contribution is 0.609. The van der Waals surface area contributed by atoms with E-state index in [4.69, 9.17) is 4.42 Å². The first kappa shape index (κ1) is 47.6. The van der Waals surface area contributed by atoms with Crippen molar-refractivity contribution in [2.45, 2.75) is 13.0 Å². The molecule has 2 atom stereocenters. The lowest BCUT2D eigenvalue weighted by Gasteiger charge is -2.37. The van der Waals surface area contributed by atoms with E-state index in [0.29, 0.717) is 5.92 Å². The van der Waals surface area contributed by atoms with E-state index in [2.05, 4.69) is 336 Å². The SMILES string of the molecule is CC1C=CC=CC1N(c1ccccc1)c1ccc(N(c2ccccc2)c2cccc3c2oc2c(N(c4ccccc4)c4ccc(N(c5ccccc5)c5ccccc5)c(-c5ccccc5)c4)cccc23)c(-c2ccccc2)c1. The van der Waals surface area contributed by atoms with Crippen LogP contribution in [0.3, 0.4) is 0 Å². The number of hydrogen-bond donors (Lipinski definition) is 0. The van der Waals surface area contributed by atoms with Crippen molar-refractivity contribution < 1.29 is 4.42 Å². The van der Waals surface area contributed by atoms with E-state index in [1.165, 1.54) is 0 Å². The van der Waals surface area contributed by atoms with Crippen molar-refractivity contribution in [1.82, 2.24) is 0 Å².